The van der Waals surface area contributed by atoms with Gasteiger partial charge in [-0.25, -0.2) is 5.43 Å². The molecule has 162 valence electrons. The molecule has 0 radical (unpaired) electrons. The van der Waals surface area contributed by atoms with Gasteiger partial charge in [0.25, 0.3) is 17.5 Å². The molecule has 1 aliphatic carbocycles. The third-order valence-electron chi connectivity index (χ3n) is 4.96. The summed E-state index contributed by atoms with van der Waals surface area (Å²) in [4.78, 5) is 36.4. The van der Waals surface area contributed by atoms with Gasteiger partial charge in [0.05, 0.1) is 22.8 Å². The quantitative estimate of drug-likeness (QED) is 0.414. The van der Waals surface area contributed by atoms with Crippen LogP contribution in [0, 0.1) is 39.7 Å². The topological polar surface area (TPSA) is 166 Å². The molecule has 0 fully saturated rings. The van der Waals surface area contributed by atoms with Crippen molar-refractivity contribution in [3.8, 4) is 12.1 Å². The van der Waals surface area contributed by atoms with E-state index in [-0.39, 0.29) is 30.1 Å². The van der Waals surface area contributed by atoms with Crippen molar-refractivity contribution in [1.29, 1.82) is 10.5 Å². The zero-order chi connectivity index (χ0) is 23.3. The summed E-state index contributed by atoms with van der Waals surface area (Å²) in [5.41, 5.74) is 4.21. The first-order valence-electron chi connectivity index (χ1n) is 9.64. The summed E-state index contributed by atoms with van der Waals surface area (Å²) in [6.45, 7) is 1.19. The SMILES string of the molecule is Cc1c(C(=O)N(CC#N)CC#N)oc2c1/C(=N/NC(=O)c1ccc([N+](=O)[O-])cc1)CCC2. The molecule has 11 nitrogen and oxygen atoms in total. The Bertz CT molecular complexity index is 1170. The number of nitriles is 2. The Hall–Kier alpha value is -4.51. The fourth-order valence-electron chi connectivity index (χ4n) is 3.42. The first-order valence-corrected chi connectivity index (χ1v) is 9.64. The molecule has 0 unspecified atom stereocenters. The van der Waals surface area contributed by atoms with Gasteiger partial charge in [0.15, 0.2) is 5.76 Å². The number of nitrogens with zero attached hydrogens (tertiary/aromatic N) is 5. The second-order valence-corrected chi connectivity index (χ2v) is 6.99. The average Bonchev–Trinajstić information content (AvgIpc) is 3.14. The van der Waals surface area contributed by atoms with E-state index < -0.39 is 16.7 Å². The Balaban J connectivity index is 1.84. The average molecular weight is 434 g/mol. The zero-order valence-electron chi connectivity index (χ0n) is 17.1. The first kappa shape index (κ1) is 22.2. The summed E-state index contributed by atoms with van der Waals surface area (Å²) in [7, 11) is 0. The van der Waals surface area contributed by atoms with Crippen LogP contribution in [0.3, 0.4) is 0 Å². The number of hydrazone groups is 1. The lowest BCUT2D eigenvalue weighted by atomic mass is 9.93. The molecule has 1 N–H and O–H groups in total. The third-order valence-corrected chi connectivity index (χ3v) is 4.96. The van der Waals surface area contributed by atoms with Gasteiger partial charge in [-0.3, -0.25) is 19.7 Å². The number of rotatable bonds is 6. The van der Waals surface area contributed by atoms with Gasteiger partial charge in [0, 0.05) is 35.2 Å². The number of amides is 2. The molecule has 0 atom stereocenters. The molecule has 11 heteroatoms. The molecule has 0 bridgehead atoms. The Labute approximate surface area is 182 Å². The largest absolute Gasteiger partial charge is 0.455 e. The van der Waals surface area contributed by atoms with E-state index in [0.29, 0.717) is 41.9 Å². The fraction of sp³-hybridized carbons (Fsp3) is 0.286. The molecular formula is C21H18N6O5. The molecule has 0 spiro atoms. The van der Waals surface area contributed by atoms with Crippen LogP contribution in [-0.2, 0) is 6.42 Å². The Kier molecular flexibility index (Phi) is 6.61. The van der Waals surface area contributed by atoms with Gasteiger partial charge in [-0.2, -0.15) is 15.6 Å². The number of hydrogen-bond donors (Lipinski definition) is 1. The molecule has 3 rings (SSSR count). The predicted octanol–water partition coefficient (Wildman–Crippen LogP) is 2.46. The van der Waals surface area contributed by atoms with Crippen molar-refractivity contribution in [3.63, 3.8) is 0 Å². The van der Waals surface area contributed by atoms with E-state index in [2.05, 4.69) is 10.5 Å². The van der Waals surface area contributed by atoms with Gasteiger partial charge in [-0.15, -0.1) is 0 Å². The van der Waals surface area contributed by atoms with E-state index in [9.17, 15) is 19.7 Å². The highest BCUT2D eigenvalue weighted by Crippen LogP contribution is 2.30. The number of hydrogen-bond acceptors (Lipinski definition) is 8. The normalized spacial score (nSPS) is 13.5. The number of carbonyl (C=O) groups excluding carboxylic acids is 2. The van der Waals surface area contributed by atoms with Gasteiger partial charge in [0.2, 0.25) is 0 Å². The highest BCUT2D eigenvalue weighted by Gasteiger charge is 2.30. The molecule has 1 aromatic carbocycles. The van der Waals surface area contributed by atoms with Crippen LogP contribution in [0.5, 0.6) is 0 Å². The van der Waals surface area contributed by atoms with Crippen molar-refractivity contribution in [1.82, 2.24) is 10.3 Å². The van der Waals surface area contributed by atoms with Crippen molar-refractivity contribution >= 4 is 23.2 Å². The van der Waals surface area contributed by atoms with E-state index in [4.69, 9.17) is 14.9 Å². The number of nitrogens with one attached hydrogen (secondary N) is 1. The van der Waals surface area contributed by atoms with Crippen LogP contribution in [-0.4, -0.2) is 40.4 Å². The minimum absolute atomic E-state index is 0.0387. The van der Waals surface area contributed by atoms with E-state index in [1.54, 1.807) is 6.92 Å². The number of furan rings is 1. The Morgan fingerprint density at radius 3 is 2.47 bits per heavy atom. The van der Waals surface area contributed by atoms with Crippen LogP contribution in [0.2, 0.25) is 0 Å². The van der Waals surface area contributed by atoms with Gasteiger partial charge in [0.1, 0.15) is 18.8 Å². The molecule has 1 heterocycles. The zero-order valence-corrected chi connectivity index (χ0v) is 17.1. The minimum Gasteiger partial charge on any atom is -0.455 e. The molecule has 0 aliphatic heterocycles. The number of fused-ring (bicyclic) bond motifs is 1. The van der Waals surface area contributed by atoms with Gasteiger partial charge in [-0.1, -0.05) is 0 Å². The first-order chi connectivity index (χ1) is 15.4. The maximum Gasteiger partial charge on any atom is 0.291 e. The van der Waals surface area contributed by atoms with Gasteiger partial charge < -0.3 is 9.32 Å². The minimum atomic E-state index is -0.561. The number of carbonyl (C=O) groups is 2. The maximum atomic E-state index is 12.8. The van der Waals surface area contributed by atoms with Gasteiger partial charge in [-0.05, 0) is 31.9 Å². The van der Waals surface area contributed by atoms with E-state index in [0.717, 1.165) is 4.90 Å². The molecule has 0 saturated heterocycles. The number of benzene rings is 1. The number of aryl methyl sites for hydroxylation is 1. The van der Waals surface area contributed by atoms with E-state index in [1.165, 1.54) is 24.3 Å². The van der Waals surface area contributed by atoms with Crippen LogP contribution in [0.25, 0.3) is 0 Å². The van der Waals surface area contributed by atoms with Crippen molar-refractivity contribution in [3.05, 3.63) is 62.6 Å². The van der Waals surface area contributed by atoms with Crippen molar-refractivity contribution < 1.29 is 18.9 Å². The van der Waals surface area contributed by atoms with Gasteiger partial charge >= 0.3 is 0 Å². The summed E-state index contributed by atoms with van der Waals surface area (Å²) in [5.74, 6) is -0.508. The summed E-state index contributed by atoms with van der Waals surface area (Å²) in [6, 6.07) is 8.83. The molecule has 1 aromatic heterocycles. The standard InChI is InChI=1S/C21H18N6O5/c1-13-18-16(24-25-20(28)14-5-7-15(8-6-14)27(30)31)3-2-4-17(18)32-19(13)21(29)26(11-9-22)12-10-23/h5-8H,2-4,11-12H2,1H3,(H,25,28)/b24-16+. The third kappa shape index (κ3) is 4.47. The van der Waals surface area contributed by atoms with Crippen LogP contribution < -0.4 is 5.43 Å². The molecular weight excluding hydrogens is 416 g/mol. The molecule has 0 saturated carbocycles. The summed E-state index contributed by atoms with van der Waals surface area (Å²) >= 11 is 0. The fourth-order valence-corrected chi connectivity index (χ4v) is 3.42. The maximum absolute atomic E-state index is 12.8. The highest BCUT2D eigenvalue weighted by molar-refractivity contribution is 6.07. The van der Waals surface area contributed by atoms with E-state index in [1.807, 2.05) is 12.1 Å². The Morgan fingerprint density at radius 1 is 1.22 bits per heavy atom. The summed E-state index contributed by atoms with van der Waals surface area (Å²) < 4.78 is 5.76. The summed E-state index contributed by atoms with van der Waals surface area (Å²) in [5, 5.41) is 32.8. The monoisotopic (exact) mass is 434 g/mol. The van der Waals surface area contributed by atoms with Crippen LogP contribution >= 0.6 is 0 Å². The van der Waals surface area contributed by atoms with Crippen LogP contribution in [0.15, 0.2) is 33.8 Å². The second kappa shape index (κ2) is 9.53. The smallest absolute Gasteiger partial charge is 0.291 e. The Morgan fingerprint density at radius 2 is 1.88 bits per heavy atom. The predicted molar refractivity (Wildman–Crippen MR) is 111 cm³/mol. The molecule has 1 aliphatic rings. The molecule has 2 amide bonds. The lowest BCUT2D eigenvalue weighted by molar-refractivity contribution is -0.384. The lowest BCUT2D eigenvalue weighted by Gasteiger charge is -2.14. The molecule has 2 aromatic rings. The lowest BCUT2D eigenvalue weighted by Crippen LogP contribution is -2.32. The second-order valence-electron chi connectivity index (χ2n) is 6.99. The number of non-ortho nitro benzene ring substituents is 1. The van der Waals surface area contributed by atoms with Crippen LogP contribution in [0.4, 0.5) is 5.69 Å². The molecule has 32 heavy (non-hydrogen) atoms. The number of nitro benzene ring substituents is 1. The van der Waals surface area contributed by atoms with Crippen molar-refractivity contribution in [2.45, 2.75) is 26.2 Å². The summed E-state index contributed by atoms with van der Waals surface area (Å²) in [6.07, 6.45) is 1.82. The van der Waals surface area contributed by atoms with Crippen molar-refractivity contribution in [2.75, 3.05) is 13.1 Å². The van der Waals surface area contributed by atoms with E-state index >= 15 is 0 Å². The number of nitro groups is 1. The highest BCUT2D eigenvalue weighted by atomic mass is 16.6. The van der Waals surface area contributed by atoms with Crippen LogP contribution in [0.1, 0.15) is 50.6 Å². The van der Waals surface area contributed by atoms with Crippen molar-refractivity contribution in [2.24, 2.45) is 5.10 Å².